The summed E-state index contributed by atoms with van der Waals surface area (Å²) >= 11 is 0. The Balaban J connectivity index is 1.31. The minimum absolute atomic E-state index is 0.0980. The van der Waals surface area contributed by atoms with Crippen LogP contribution in [0.5, 0.6) is 11.9 Å². The first-order valence-electron chi connectivity index (χ1n) is 12.7. The molecule has 32 heavy (non-hydrogen) atoms. The summed E-state index contributed by atoms with van der Waals surface area (Å²) in [6.45, 7) is 5.36. The van der Waals surface area contributed by atoms with Gasteiger partial charge in [0.2, 0.25) is 11.8 Å². The van der Waals surface area contributed by atoms with E-state index >= 15 is 0 Å². The van der Waals surface area contributed by atoms with E-state index in [9.17, 15) is 4.79 Å². The van der Waals surface area contributed by atoms with Gasteiger partial charge in [-0.1, -0.05) is 19.3 Å². The first kappa shape index (κ1) is 23.3. The quantitative estimate of drug-likeness (QED) is 0.656. The lowest BCUT2D eigenvalue weighted by atomic mass is 9.84. The summed E-state index contributed by atoms with van der Waals surface area (Å²) in [5, 5.41) is 3.08. The minimum atomic E-state index is 0.0980. The number of carbonyl (C=O) groups is 1. The van der Waals surface area contributed by atoms with Gasteiger partial charge in [-0.3, -0.25) is 9.69 Å². The van der Waals surface area contributed by atoms with E-state index in [0.29, 0.717) is 18.0 Å². The van der Waals surface area contributed by atoms with E-state index in [4.69, 9.17) is 9.47 Å². The van der Waals surface area contributed by atoms with Crippen LogP contribution in [0.15, 0.2) is 0 Å². The highest BCUT2D eigenvalue weighted by molar-refractivity contribution is 5.73. The van der Waals surface area contributed by atoms with Crippen LogP contribution in [0, 0.1) is 11.8 Å². The van der Waals surface area contributed by atoms with Crippen molar-refractivity contribution in [3.8, 4) is 11.9 Å². The first-order chi connectivity index (χ1) is 15.6. The zero-order valence-corrected chi connectivity index (χ0v) is 19.9. The van der Waals surface area contributed by atoms with Crippen molar-refractivity contribution in [3.05, 3.63) is 11.3 Å². The van der Waals surface area contributed by atoms with Gasteiger partial charge < -0.3 is 14.8 Å². The SMILES string of the molecule is COc1nc2c(c(OCC3CCCCC3)n1)CN(CC[C@H]1CC[C@H](NC(C)=O)CC1)CC2. The number of nitrogens with one attached hydrogen (secondary N) is 1. The van der Waals surface area contributed by atoms with Crippen LogP contribution in [0.1, 0.15) is 82.4 Å². The van der Waals surface area contributed by atoms with Crippen molar-refractivity contribution in [2.24, 2.45) is 11.8 Å². The Morgan fingerprint density at radius 1 is 1.06 bits per heavy atom. The molecule has 3 aliphatic rings. The fourth-order valence-corrected chi connectivity index (χ4v) is 5.62. The maximum absolute atomic E-state index is 11.3. The van der Waals surface area contributed by atoms with Gasteiger partial charge in [-0.05, 0) is 63.3 Å². The van der Waals surface area contributed by atoms with Crippen LogP contribution in [-0.2, 0) is 17.8 Å². The predicted molar refractivity (Wildman–Crippen MR) is 124 cm³/mol. The highest BCUT2D eigenvalue weighted by atomic mass is 16.5. The van der Waals surface area contributed by atoms with Crippen LogP contribution in [0.25, 0.3) is 0 Å². The lowest BCUT2D eigenvalue weighted by Gasteiger charge is -2.33. The fourth-order valence-electron chi connectivity index (χ4n) is 5.62. The number of nitrogens with zero attached hydrogens (tertiary/aromatic N) is 3. The number of hydrogen-bond acceptors (Lipinski definition) is 6. The van der Waals surface area contributed by atoms with Crippen LogP contribution in [0.2, 0.25) is 0 Å². The molecule has 0 radical (unpaired) electrons. The van der Waals surface area contributed by atoms with Gasteiger partial charge in [0.05, 0.1) is 25.0 Å². The minimum Gasteiger partial charge on any atom is -0.477 e. The summed E-state index contributed by atoms with van der Waals surface area (Å²) in [5.41, 5.74) is 2.24. The Kier molecular flexibility index (Phi) is 8.22. The number of rotatable bonds is 8. The number of fused-ring (bicyclic) bond motifs is 1. The van der Waals surface area contributed by atoms with Crippen LogP contribution in [0.3, 0.4) is 0 Å². The van der Waals surface area contributed by atoms with Crippen molar-refractivity contribution in [2.45, 2.75) is 90.1 Å². The molecule has 0 spiro atoms. The van der Waals surface area contributed by atoms with Gasteiger partial charge in [0.15, 0.2) is 0 Å². The van der Waals surface area contributed by atoms with Gasteiger partial charge in [-0.2, -0.15) is 9.97 Å². The van der Waals surface area contributed by atoms with Crippen molar-refractivity contribution in [2.75, 3.05) is 26.8 Å². The van der Waals surface area contributed by atoms with E-state index in [1.54, 1.807) is 14.0 Å². The van der Waals surface area contributed by atoms with Gasteiger partial charge in [0.1, 0.15) is 0 Å². The Hall–Kier alpha value is -1.89. The van der Waals surface area contributed by atoms with Gasteiger partial charge in [0.25, 0.3) is 0 Å². The molecule has 178 valence electrons. The lowest BCUT2D eigenvalue weighted by molar-refractivity contribution is -0.119. The maximum Gasteiger partial charge on any atom is 0.319 e. The van der Waals surface area contributed by atoms with E-state index < -0.39 is 0 Å². The van der Waals surface area contributed by atoms with Crippen LogP contribution in [-0.4, -0.2) is 53.6 Å². The summed E-state index contributed by atoms with van der Waals surface area (Å²) in [6, 6.07) is 0.799. The molecule has 1 aliphatic heterocycles. The molecule has 7 nitrogen and oxygen atoms in total. The summed E-state index contributed by atoms with van der Waals surface area (Å²) in [7, 11) is 1.63. The van der Waals surface area contributed by atoms with Crippen LogP contribution in [0.4, 0.5) is 0 Å². The maximum atomic E-state index is 11.3. The molecule has 0 unspecified atom stereocenters. The van der Waals surface area contributed by atoms with E-state index in [2.05, 4.69) is 20.2 Å². The molecule has 2 saturated carbocycles. The fraction of sp³-hybridized carbons (Fsp3) is 0.800. The summed E-state index contributed by atoms with van der Waals surface area (Å²) < 4.78 is 11.6. The monoisotopic (exact) mass is 444 g/mol. The second kappa shape index (κ2) is 11.3. The summed E-state index contributed by atoms with van der Waals surface area (Å²) in [5.74, 6) is 2.24. The number of ether oxygens (including phenoxy) is 2. The molecule has 0 atom stereocenters. The molecule has 7 heteroatoms. The Morgan fingerprint density at radius 2 is 1.84 bits per heavy atom. The molecule has 4 rings (SSSR count). The molecule has 0 bridgehead atoms. The summed E-state index contributed by atoms with van der Waals surface area (Å²) in [6.07, 6.45) is 13.3. The van der Waals surface area contributed by atoms with Crippen molar-refractivity contribution < 1.29 is 14.3 Å². The van der Waals surface area contributed by atoms with Crippen LogP contribution >= 0.6 is 0 Å². The Bertz CT molecular complexity index is 758. The number of carbonyl (C=O) groups excluding carboxylic acids is 1. The molecule has 1 amide bonds. The molecular formula is C25H40N4O3. The molecule has 2 fully saturated rings. The van der Waals surface area contributed by atoms with E-state index in [-0.39, 0.29) is 5.91 Å². The normalized spacial score (nSPS) is 24.6. The van der Waals surface area contributed by atoms with Crippen LogP contribution < -0.4 is 14.8 Å². The van der Waals surface area contributed by atoms with E-state index in [1.807, 2.05) is 0 Å². The molecule has 0 aromatic carbocycles. The third-order valence-corrected chi connectivity index (χ3v) is 7.55. The third kappa shape index (κ3) is 6.33. The number of aromatic nitrogens is 2. The Labute approximate surface area is 192 Å². The lowest BCUT2D eigenvalue weighted by Crippen LogP contribution is -2.37. The number of methoxy groups -OCH3 is 1. The zero-order valence-electron chi connectivity index (χ0n) is 19.9. The molecule has 0 saturated heterocycles. The molecule has 1 N–H and O–H groups in total. The highest BCUT2D eigenvalue weighted by Gasteiger charge is 2.27. The van der Waals surface area contributed by atoms with Crippen molar-refractivity contribution in [1.29, 1.82) is 0 Å². The standard InChI is InChI=1S/C25H40N4O3/c1-18(30)26-21-10-8-19(9-11-21)12-14-29-15-13-23-22(16-29)24(28-25(27-23)31-2)32-17-20-6-4-3-5-7-20/h19-21H,3-17H2,1-2H3,(H,26,30)/t19-,21-. The van der Waals surface area contributed by atoms with Crippen molar-refractivity contribution >= 4 is 5.91 Å². The smallest absolute Gasteiger partial charge is 0.319 e. The second-order valence-corrected chi connectivity index (χ2v) is 9.99. The Morgan fingerprint density at radius 3 is 2.56 bits per heavy atom. The molecular weight excluding hydrogens is 404 g/mol. The molecule has 2 aliphatic carbocycles. The largest absolute Gasteiger partial charge is 0.477 e. The van der Waals surface area contributed by atoms with Crippen molar-refractivity contribution in [1.82, 2.24) is 20.2 Å². The van der Waals surface area contributed by atoms with Gasteiger partial charge in [0, 0.05) is 32.5 Å². The third-order valence-electron chi connectivity index (χ3n) is 7.55. The van der Waals surface area contributed by atoms with Gasteiger partial charge in [-0.25, -0.2) is 0 Å². The van der Waals surface area contributed by atoms with E-state index in [1.165, 1.54) is 51.4 Å². The first-order valence-corrected chi connectivity index (χ1v) is 12.7. The highest BCUT2D eigenvalue weighted by Crippen LogP contribution is 2.31. The topological polar surface area (TPSA) is 76.6 Å². The number of amides is 1. The predicted octanol–water partition coefficient (Wildman–Crippen LogP) is 3.89. The zero-order chi connectivity index (χ0) is 22.3. The molecule has 2 heterocycles. The van der Waals surface area contributed by atoms with E-state index in [0.717, 1.165) is 68.6 Å². The van der Waals surface area contributed by atoms with Crippen molar-refractivity contribution in [3.63, 3.8) is 0 Å². The van der Waals surface area contributed by atoms with Gasteiger partial charge in [-0.15, -0.1) is 0 Å². The second-order valence-electron chi connectivity index (χ2n) is 9.99. The average molecular weight is 445 g/mol. The van der Waals surface area contributed by atoms with Gasteiger partial charge >= 0.3 is 6.01 Å². The average Bonchev–Trinajstić information content (AvgIpc) is 2.82. The molecule has 1 aromatic rings. The molecule has 1 aromatic heterocycles. The number of hydrogen-bond donors (Lipinski definition) is 1. The summed E-state index contributed by atoms with van der Waals surface area (Å²) in [4.78, 5) is 23.0.